The Bertz CT molecular complexity index is 1400. The van der Waals surface area contributed by atoms with E-state index in [2.05, 4.69) is 4.98 Å². The summed E-state index contributed by atoms with van der Waals surface area (Å²) in [5.74, 6) is -1.07. The van der Waals surface area contributed by atoms with Crippen LogP contribution in [0.1, 0.15) is 23.7 Å². The lowest BCUT2D eigenvalue weighted by atomic mass is 9.97. The molecule has 0 spiro atoms. The van der Waals surface area contributed by atoms with E-state index in [1.807, 2.05) is 0 Å². The van der Waals surface area contributed by atoms with Crippen molar-refractivity contribution in [1.82, 2.24) is 4.98 Å². The highest BCUT2D eigenvalue weighted by atomic mass is 35.5. The van der Waals surface area contributed by atoms with Crippen molar-refractivity contribution in [2.24, 2.45) is 0 Å². The highest BCUT2D eigenvalue weighted by Crippen LogP contribution is 2.46. The number of aliphatic hydroxyl groups excluding tert-OH is 4. The van der Waals surface area contributed by atoms with E-state index in [0.29, 0.717) is 11.3 Å². The highest BCUT2D eigenvalue weighted by Gasteiger charge is 2.47. The third-order valence-corrected chi connectivity index (χ3v) is 6.68. The molecule has 0 bridgehead atoms. The van der Waals surface area contributed by atoms with E-state index in [4.69, 9.17) is 21.1 Å². The fourth-order valence-corrected chi connectivity index (χ4v) is 4.84. The number of aromatic nitrogens is 1. The Kier molecular flexibility index (Phi) is 8.08. The van der Waals surface area contributed by atoms with E-state index >= 15 is 0 Å². The van der Waals surface area contributed by atoms with Gasteiger partial charge < -0.3 is 29.9 Å². The molecule has 4 rings (SSSR count). The van der Waals surface area contributed by atoms with Crippen LogP contribution >= 0.6 is 11.6 Å². The largest absolute Gasteiger partial charge is 0.454 e. The van der Waals surface area contributed by atoms with Gasteiger partial charge in [0.1, 0.15) is 30.2 Å². The fraction of sp³-hybridized carbons (Fsp3) is 0.385. The van der Waals surface area contributed by atoms with Crippen LogP contribution in [0.3, 0.4) is 0 Å². The maximum absolute atomic E-state index is 13.4. The molecular formula is C26H26ClF3N2O7. The highest BCUT2D eigenvalue weighted by molar-refractivity contribution is 6.36. The van der Waals surface area contributed by atoms with Gasteiger partial charge in [-0.25, -0.2) is 0 Å². The standard InChI is InChI=1S/C26H26ClF3N2O7/c1-11-7-12(2)31-20-16(27)9-17(24(19(11)20)38-15-6-4-5-14(8-15)26(28,29)30)32(13(3)34)25-23(37)22(36)21(35)18(10-33)39-25/h4-9,18,21-23,25,33,35-37H,10H2,1-3H3. The lowest BCUT2D eigenvalue weighted by Gasteiger charge is -2.44. The molecule has 210 valence electrons. The molecule has 1 amide bonds. The first-order valence-electron chi connectivity index (χ1n) is 11.8. The number of anilines is 1. The Morgan fingerprint density at radius 2 is 1.82 bits per heavy atom. The van der Waals surface area contributed by atoms with Crippen molar-refractivity contribution in [2.45, 2.75) is 57.6 Å². The van der Waals surface area contributed by atoms with Crippen molar-refractivity contribution in [3.05, 3.63) is 58.2 Å². The van der Waals surface area contributed by atoms with Crippen molar-refractivity contribution in [2.75, 3.05) is 11.5 Å². The molecule has 0 radical (unpaired) electrons. The molecule has 2 heterocycles. The van der Waals surface area contributed by atoms with E-state index in [1.54, 1.807) is 19.9 Å². The topological polar surface area (TPSA) is 133 Å². The number of fused-ring (bicyclic) bond motifs is 1. The minimum atomic E-state index is -4.65. The second-order valence-corrected chi connectivity index (χ2v) is 9.65. The molecule has 1 aliphatic heterocycles. The van der Waals surface area contributed by atoms with Gasteiger partial charge in [-0.3, -0.25) is 14.7 Å². The maximum atomic E-state index is 13.4. The number of nitrogens with zero attached hydrogens (tertiary/aromatic N) is 2. The monoisotopic (exact) mass is 570 g/mol. The van der Waals surface area contributed by atoms with Crippen molar-refractivity contribution >= 4 is 34.1 Å². The van der Waals surface area contributed by atoms with Crippen LogP contribution < -0.4 is 9.64 Å². The average molecular weight is 571 g/mol. The van der Waals surface area contributed by atoms with Crippen LogP contribution in [0.5, 0.6) is 11.5 Å². The number of aryl methyl sites for hydroxylation is 2. The number of carbonyl (C=O) groups excluding carboxylic acids is 1. The summed E-state index contributed by atoms with van der Waals surface area (Å²) in [5.41, 5.74) is 0.327. The summed E-state index contributed by atoms with van der Waals surface area (Å²) >= 11 is 6.56. The molecule has 5 atom stereocenters. The average Bonchev–Trinajstić information content (AvgIpc) is 2.85. The van der Waals surface area contributed by atoms with Crippen LogP contribution in [-0.2, 0) is 15.7 Å². The molecule has 13 heteroatoms. The number of alkyl halides is 3. The molecule has 5 unspecified atom stereocenters. The van der Waals surface area contributed by atoms with Gasteiger partial charge in [-0.1, -0.05) is 17.7 Å². The molecule has 1 aromatic heterocycles. The van der Waals surface area contributed by atoms with Crippen LogP contribution in [0.4, 0.5) is 18.9 Å². The summed E-state index contributed by atoms with van der Waals surface area (Å²) in [6.07, 6.45) is -13.0. The summed E-state index contributed by atoms with van der Waals surface area (Å²) in [7, 11) is 0. The molecule has 39 heavy (non-hydrogen) atoms. The molecular weight excluding hydrogens is 545 g/mol. The second-order valence-electron chi connectivity index (χ2n) is 9.25. The third kappa shape index (κ3) is 5.53. The zero-order valence-corrected chi connectivity index (χ0v) is 21.7. The fourth-order valence-electron chi connectivity index (χ4n) is 4.60. The van der Waals surface area contributed by atoms with Crippen molar-refractivity contribution < 1.29 is 47.9 Å². The quantitative estimate of drug-likeness (QED) is 0.367. The Hall–Kier alpha value is -3.00. The van der Waals surface area contributed by atoms with Crippen LogP contribution in [-0.4, -0.2) is 68.6 Å². The lowest BCUT2D eigenvalue weighted by Crippen LogP contribution is -2.64. The van der Waals surface area contributed by atoms with Crippen molar-refractivity contribution in [3.63, 3.8) is 0 Å². The van der Waals surface area contributed by atoms with Crippen molar-refractivity contribution in [1.29, 1.82) is 0 Å². The van der Waals surface area contributed by atoms with Crippen LogP contribution in [0, 0.1) is 13.8 Å². The number of hydrogen-bond donors (Lipinski definition) is 4. The molecule has 1 aliphatic rings. The van der Waals surface area contributed by atoms with Gasteiger partial charge >= 0.3 is 6.18 Å². The predicted molar refractivity (Wildman–Crippen MR) is 135 cm³/mol. The molecule has 1 saturated heterocycles. The number of aliphatic hydroxyl groups is 4. The summed E-state index contributed by atoms with van der Waals surface area (Å²) in [6, 6.07) is 7.08. The van der Waals surface area contributed by atoms with Crippen LogP contribution in [0.2, 0.25) is 5.02 Å². The molecule has 0 saturated carbocycles. The molecule has 1 fully saturated rings. The third-order valence-electron chi connectivity index (χ3n) is 6.40. The van der Waals surface area contributed by atoms with Gasteiger partial charge in [0.15, 0.2) is 12.0 Å². The number of amides is 1. The number of rotatable bonds is 5. The number of pyridine rings is 1. The van der Waals surface area contributed by atoms with E-state index in [9.17, 15) is 38.4 Å². The van der Waals surface area contributed by atoms with Gasteiger partial charge in [0.2, 0.25) is 5.91 Å². The summed E-state index contributed by atoms with van der Waals surface area (Å²) in [6.45, 7) is 3.79. The van der Waals surface area contributed by atoms with Crippen LogP contribution in [0.25, 0.3) is 10.9 Å². The minimum Gasteiger partial charge on any atom is -0.454 e. The first-order valence-corrected chi connectivity index (χ1v) is 12.2. The number of halogens is 4. The number of hydrogen-bond acceptors (Lipinski definition) is 8. The van der Waals surface area contributed by atoms with Gasteiger partial charge in [-0.2, -0.15) is 13.2 Å². The van der Waals surface area contributed by atoms with Gasteiger partial charge in [-0.05, 0) is 49.7 Å². The van der Waals surface area contributed by atoms with E-state index < -0.39 is 54.9 Å². The summed E-state index contributed by atoms with van der Waals surface area (Å²) < 4.78 is 51.9. The number of ether oxygens (including phenoxy) is 2. The zero-order chi connectivity index (χ0) is 28.8. The van der Waals surface area contributed by atoms with Crippen LogP contribution in [0.15, 0.2) is 36.4 Å². The van der Waals surface area contributed by atoms with Crippen molar-refractivity contribution in [3.8, 4) is 11.5 Å². The minimum absolute atomic E-state index is 0.0547. The number of benzene rings is 2. The van der Waals surface area contributed by atoms with Gasteiger partial charge in [0, 0.05) is 18.0 Å². The Balaban J connectivity index is 1.97. The molecule has 4 N–H and O–H groups in total. The Morgan fingerprint density at radius 3 is 2.44 bits per heavy atom. The van der Waals surface area contributed by atoms with Gasteiger partial charge in [-0.15, -0.1) is 0 Å². The smallest absolute Gasteiger partial charge is 0.416 e. The van der Waals surface area contributed by atoms with Gasteiger partial charge in [0.25, 0.3) is 0 Å². The van der Waals surface area contributed by atoms with E-state index in [-0.39, 0.29) is 33.1 Å². The normalized spacial score (nSPS) is 23.6. The first kappa shape index (κ1) is 29.0. The summed E-state index contributed by atoms with van der Waals surface area (Å²) in [5, 5.41) is 41.3. The molecule has 3 aromatic rings. The Morgan fingerprint density at radius 1 is 1.13 bits per heavy atom. The van der Waals surface area contributed by atoms with E-state index in [0.717, 1.165) is 30.0 Å². The SMILES string of the molecule is CC(=O)N(c1cc(Cl)c2nc(C)cc(C)c2c1Oc1cccc(C(F)(F)F)c1)C1OC(CO)C(O)C(O)C1O. The molecule has 9 nitrogen and oxygen atoms in total. The lowest BCUT2D eigenvalue weighted by molar-refractivity contribution is -0.228. The second kappa shape index (κ2) is 10.9. The predicted octanol–water partition coefficient (Wildman–Crippen LogP) is 3.47. The number of carbonyl (C=O) groups is 1. The maximum Gasteiger partial charge on any atom is 0.416 e. The first-order chi connectivity index (χ1) is 18.2. The molecule has 0 aliphatic carbocycles. The molecule has 2 aromatic carbocycles. The Labute approximate surface area is 226 Å². The zero-order valence-electron chi connectivity index (χ0n) is 21.0. The van der Waals surface area contributed by atoms with E-state index in [1.165, 1.54) is 12.1 Å². The van der Waals surface area contributed by atoms with Gasteiger partial charge in [0.05, 0.1) is 28.4 Å². The summed E-state index contributed by atoms with van der Waals surface area (Å²) in [4.78, 5) is 18.3.